The molecule has 1 amide bonds. The Balaban J connectivity index is 1.43. The smallest absolute Gasteiger partial charge is 0.243 e. The summed E-state index contributed by atoms with van der Waals surface area (Å²) in [6.45, 7) is 1.16. The van der Waals surface area contributed by atoms with Crippen molar-refractivity contribution in [2.75, 3.05) is 30.3 Å². The molecular weight excluding hydrogens is 386 g/mol. The Morgan fingerprint density at radius 1 is 0.931 bits per heavy atom. The highest BCUT2D eigenvalue weighted by atomic mass is 32.2. The third kappa shape index (κ3) is 4.26. The minimum Gasteiger partial charge on any atom is -0.376 e. The van der Waals surface area contributed by atoms with Gasteiger partial charge in [-0.25, -0.2) is 8.42 Å². The van der Waals surface area contributed by atoms with Crippen LogP contribution in [0, 0.1) is 0 Å². The van der Waals surface area contributed by atoms with E-state index in [0.717, 1.165) is 29.3 Å². The lowest BCUT2D eigenvalue weighted by Gasteiger charge is -2.16. The van der Waals surface area contributed by atoms with Crippen molar-refractivity contribution in [2.24, 2.45) is 0 Å². The van der Waals surface area contributed by atoms with Gasteiger partial charge in [0.25, 0.3) is 0 Å². The molecule has 1 heterocycles. The zero-order chi connectivity index (χ0) is 20.3. The van der Waals surface area contributed by atoms with Crippen LogP contribution in [0.15, 0.2) is 71.6 Å². The predicted molar refractivity (Wildman–Crippen MR) is 116 cm³/mol. The summed E-state index contributed by atoms with van der Waals surface area (Å²) in [6, 6.07) is 20.2. The molecule has 150 valence electrons. The molecule has 29 heavy (non-hydrogen) atoms. The first kappa shape index (κ1) is 19.4. The zero-order valence-electron chi connectivity index (χ0n) is 16.0. The number of nitrogens with one attached hydrogen (secondary N) is 2. The quantitative estimate of drug-likeness (QED) is 0.651. The standard InChI is InChI=1S/C22H23N3O3S/c26-22(24-21-12-5-8-17-7-1-2-11-20(17)21)16-23-18-9-6-10-19(15-18)29(27,28)25-13-3-4-14-25/h1-2,5-12,15,23H,3-4,13-14,16H2,(H,24,26). The number of benzene rings is 3. The normalized spacial score (nSPS) is 14.8. The zero-order valence-corrected chi connectivity index (χ0v) is 16.8. The summed E-state index contributed by atoms with van der Waals surface area (Å²) in [4.78, 5) is 12.7. The Morgan fingerprint density at radius 3 is 2.48 bits per heavy atom. The van der Waals surface area contributed by atoms with E-state index in [4.69, 9.17) is 0 Å². The number of rotatable bonds is 6. The maximum atomic E-state index is 12.7. The molecule has 1 saturated heterocycles. The first-order chi connectivity index (χ1) is 14.0. The highest BCUT2D eigenvalue weighted by Gasteiger charge is 2.27. The summed E-state index contributed by atoms with van der Waals surface area (Å²) in [7, 11) is -3.48. The number of fused-ring (bicyclic) bond motifs is 1. The van der Waals surface area contributed by atoms with Crippen molar-refractivity contribution in [3.63, 3.8) is 0 Å². The Kier molecular flexibility index (Phi) is 5.51. The average molecular weight is 410 g/mol. The van der Waals surface area contributed by atoms with E-state index in [-0.39, 0.29) is 17.3 Å². The molecular formula is C22H23N3O3S. The van der Waals surface area contributed by atoms with Crippen molar-refractivity contribution in [1.29, 1.82) is 0 Å². The SMILES string of the molecule is O=C(CNc1cccc(S(=O)(=O)N2CCCC2)c1)Nc1cccc2ccccc12. The molecule has 6 nitrogen and oxygen atoms in total. The Labute approximate surface area is 170 Å². The number of hydrogen-bond acceptors (Lipinski definition) is 4. The van der Waals surface area contributed by atoms with Crippen molar-refractivity contribution in [3.8, 4) is 0 Å². The van der Waals surface area contributed by atoms with Crippen LogP contribution in [0.1, 0.15) is 12.8 Å². The second-order valence-electron chi connectivity index (χ2n) is 7.07. The topological polar surface area (TPSA) is 78.5 Å². The summed E-state index contributed by atoms with van der Waals surface area (Å²) in [5, 5.41) is 7.97. The van der Waals surface area contributed by atoms with Gasteiger partial charge in [-0.1, -0.05) is 42.5 Å². The Morgan fingerprint density at radius 2 is 1.66 bits per heavy atom. The molecule has 7 heteroatoms. The van der Waals surface area contributed by atoms with E-state index >= 15 is 0 Å². The van der Waals surface area contributed by atoms with Gasteiger partial charge in [-0.3, -0.25) is 4.79 Å². The van der Waals surface area contributed by atoms with Crippen molar-refractivity contribution >= 4 is 38.1 Å². The number of amides is 1. The lowest BCUT2D eigenvalue weighted by molar-refractivity contribution is -0.114. The van der Waals surface area contributed by atoms with E-state index in [1.54, 1.807) is 24.3 Å². The Bertz CT molecular complexity index is 1130. The summed E-state index contributed by atoms with van der Waals surface area (Å²) in [5.41, 5.74) is 1.35. The molecule has 0 radical (unpaired) electrons. The van der Waals surface area contributed by atoms with Gasteiger partial charge in [0.05, 0.1) is 11.4 Å². The lowest BCUT2D eigenvalue weighted by Crippen LogP contribution is -2.28. The fourth-order valence-electron chi connectivity index (χ4n) is 3.56. The van der Waals surface area contributed by atoms with Crippen molar-refractivity contribution in [2.45, 2.75) is 17.7 Å². The van der Waals surface area contributed by atoms with Gasteiger partial charge in [-0.05, 0) is 42.5 Å². The van der Waals surface area contributed by atoms with Gasteiger partial charge in [0.15, 0.2) is 0 Å². The van der Waals surface area contributed by atoms with Crippen molar-refractivity contribution < 1.29 is 13.2 Å². The van der Waals surface area contributed by atoms with Crippen LogP contribution in [0.5, 0.6) is 0 Å². The largest absolute Gasteiger partial charge is 0.376 e. The number of sulfonamides is 1. The number of nitrogens with zero attached hydrogens (tertiary/aromatic N) is 1. The first-order valence-electron chi connectivity index (χ1n) is 9.66. The predicted octanol–water partition coefficient (Wildman–Crippen LogP) is 3.67. The molecule has 0 unspecified atom stereocenters. The van der Waals surface area contributed by atoms with Crippen LogP contribution in [-0.4, -0.2) is 38.3 Å². The summed E-state index contributed by atoms with van der Waals surface area (Å²) >= 11 is 0. The third-order valence-corrected chi connectivity index (χ3v) is 6.95. The molecule has 0 atom stereocenters. The van der Waals surface area contributed by atoms with Crippen LogP contribution >= 0.6 is 0 Å². The molecule has 0 bridgehead atoms. The van der Waals surface area contributed by atoms with E-state index in [1.165, 1.54) is 4.31 Å². The van der Waals surface area contributed by atoms with E-state index in [1.807, 2.05) is 42.5 Å². The number of anilines is 2. The van der Waals surface area contributed by atoms with Gasteiger partial charge in [0, 0.05) is 29.9 Å². The fraction of sp³-hybridized carbons (Fsp3) is 0.227. The minimum atomic E-state index is -3.48. The van der Waals surface area contributed by atoms with Gasteiger partial charge in [0.2, 0.25) is 15.9 Å². The monoisotopic (exact) mass is 409 g/mol. The van der Waals surface area contributed by atoms with Crippen LogP contribution in [0.3, 0.4) is 0 Å². The van der Waals surface area contributed by atoms with Crippen LogP contribution in [0.25, 0.3) is 10.8 Å². The van der Waals surface area contributed by atoms with E-state index < -0.39 is 10.0 Å². The molecule has 3 aromatic carbocycles. The van der Waals surface area contributed by atoms with Crippen molar-refractivity contribution in [1.82, 2.24) is 4.31 Å². The van der Waals surface area contributed by atoms with Gasteiger partial charge in [-0.15, -0.1) is 0 Å². The summed E-state index contributed by atoms with van der Waals surface area (Å²) < 4.78 is 26.9. The highest BCUT2D eigenvalue weighted by molar-refractivity contribution is 7.89. The molecule has 1 fully saturated rings. The highest BCUT2D eigenvalue weighted by Crippen LogP contribution is 2.24. The van der Waals surface area contributed by atoms with E-state index in [0.29, 0.717) is 18.8 Å². The molecule has 0 aliphatic carbocycles. The molecule has 0 saturated carbocycles. The third-order valence-electron chi connectivity index (χ3n) is 5.05. The van der Waals surface area contributed by atoms with Crippen LogP contribution in [0.4, 0.5) is 11.4 Å². The second-order valence-corrected chi connectivity index (χ2v) is 9.01. The van der Waals surface area contributed by atoms with Gasteiger partial charge in [0.1, 0.15) is 0 Å². The average Bonchev–Trinajstić information content (AvgIpc) is 3.29. The molecule has 1 aliphatic rings. The maximum absolute atomic E-state index is 12.7. The van der Waals surface area contributed by atoms with Crippen LogP contribution in [-0.2, 0) is 14.8 Å². The van der Waals surface area contributed by atoms with Gasteiger partial charge in [-0.2, -0.15) is 4.31 Å². The molecule has 0 aromatic heterocycles. The van der Waals surface area contributed by atoms with Crippen LogP contribution < -0.4 is 10.6 Å². The maximum Gasteiger partial charge on any atom is 0.243 e. The van der Waals surface area contributed by atoms with Gasteiger partial charge >= 0.3 is 0 Å². The van der Waals surface area contributed by atoms with E-state index in [9.17, 15) is 13.2 Å². The molecule has 2 N–H and O–H groups in total. The van der Waals surface area contributed by atoms with E-state index in [2.05, 4.69) is 10.6 Å². The Hall–Kier alpha value is -2.90. The second kappa shape index (κ2) is 8.23. The number of hydrogen-bond donors (Lipinski definition) is 2. The summed E-state index contributed by atoms with van der Waals surface area (Å²) in [6.07, 6.45) is 1.79. The first-order valence-corrected chi connectivity index (χ1v) is 11.1. The van der Waals surface area contributed by atoms with Crippen LogP contribution in [0.2, 0.25) is 0 Å². The summed E-state index contributed by atoms with van der Waals surface area (Å²) in [5.74, 6) is -0.200. The number of carbonyl (C=O) groups excluding carboxylic acids is 1. The van der Waals surface area contributed by atoms with Gasteiger partial charge < -0.3 is 10.6 Å². The molecule has 0 spiro atoms. The molecule has 1 aliphatic heterocycles. The number of carbonyl (C=O) groups is 1. The minimum absolute atomic E-state index is 0.0381. The lowest BCUT2D eigenvalue weighted by atomic mass is 10.1. The molecule has 3 aromatic rings. The molecule has 4 rings (SSSR count). The van der Waals surface area contributed by atoms with Crippen molar-refractivity contribution in [3.05, 3.63) is 66.7 Å². The fourth-order valence-corrected chi connectivity index (χ4v) is 5.12.